The van der Waals surface area contributed by atoms with Gasteiger partial charge in [0.25, 0.3) is 11.5 Å². The molecule has 0 saturated carbocycles. The summed E-state index contributed by atoms with van der Waals surface area (Å²) in [4.78, 5) is 99.7. The summed E-state index contributed by atoms with van der Waals surface area (Å²) < 4.78 is 60.4. The number of unbranched alkanes of at least 4 members (excludes halogenated alkanes) is 1. The van der Waals surface area contributed by atoms with Crippen LogP contribution in [0.5, 0.6) is 40.4 Å². The third-order valence-corrected chi connectivity index (χ3v) is 14.7. The van der Waals surface area contributed by atoms with Crippen molar-refractivity contribution in [3.05, 3.63) is 89.2 Å². The van der Waals surface area contributed by atoms with Crippen LogP contribution in [0, 0.1) is 22.2 Å². The van der Waals surface area contributed by atoms with E-state index in [4.69, 9.17) is 47.4 Å². The number of H-pyrrole nitrogens is 1. The monoisotopic (exact) mass is 1330 g/mol. The van der Waals surface area contributed by atoms with Gasteiger partial charge in [-0.3, -0.25) is 19.3 Å². The van der Waals surface area contributed by atoms with Crippen molar-refractivity contribution < 1.29 is 80.9 Å². The Labute approximate surface area is 561 Å². The van der Waals surface area contributed by atoms with Crippen LogP contribution < -0.4 is 49.4 Å². The molecule has 3 aliphatic heterocycles. The Bertz CT molecular complexity index is 3730. The van der Waals surface area contributed by atoms with E-state index < -0.39 is 52.3 Å². The molecule has 0 bridgehead atoms. The van der Waals surface area contributed by atoms with Gasteiger partial charge in [-0.2, -0.15) is 0 Å². The Morgan fingerprint density at radius 3 is 1.97 bits per heavy atom. The van der Waals surface area contributed by atoms with Crippen LogP contribution in [0.4, 0.5) is 14.4 Å². The SMILES string of the molecule is CC(C)C.CCCCN(C(=O)OC)C(=O)[C@@H](NC(=O)OCC(C)(C)COc1cccc(-c2nc3cc4c(cc3[nH]c2=O)OC(C)(C)O4)c1)C(C)(C)C.COC(=O)C1CCCN1C.COc1nc2c3c(ccc2cc1-c1cccc(OCC(C)(C)COC(=O)NCC=O)c1)OCO3. The van der Waals surface area contributed by atoms with Gasteiger partial charge in [-0.15, -0.1) is 0 Å². The maximum absolute atomic E-state index is 13.4. The first-order chi connectivity index (χ1) is 45.3. The molecule has 25 nitrogen and oxygen atoms in total. The first kappa shape index (κ1) is 75.6. The number of alkyl carbamates (subject to hydrolysis) is 2. The van der Waals surface area contributed by atoms with Crippen molar-refractivity contribution >= 4 is 58.4 Å². The number of nitrogens with one attached hydrogen (secondary N) is 3. The van der Waals surface area contributed by atoms with Gasteiger partial charge >= 0.3 is 24.2 Å². The van der Waals surface area contributed by atoms with Crippen LogP contribution in [0.1, 0.15) is 116 Å². The molecule has 1 unspecified atom stereocenters. The van der Waals surface area contributed by atoms with E-state index in [0.717, 1.165) is 53.1 Å². The number of nitrogens with zero attached hydrogens (tertiary/aromatic N) is 4. The number of benzene rings is 4. The number of likely N-dealkylation sites (N-methyl/N-ethyl adjacent to an activating group) is 1. The van der Waals surface area contributed by atoms with Crippen molar-refractivity contribution in [1.82, 2.24) is 35.4 Å². The highest BCUT2D eigenvalue weighted by Crippen LogP contribution is 2.43. The number of amides is 4. The minimum absolute atomic E-state index is 0.0185. The quantitative estimate of drug-likeness (QED) is 0.0343. The molecule has 522 valence electrons. The van der Waals surface area contributed by atoms with Crippen LogP contribution in [0.2, 0.25) is 0 Å². The first-order valence-corrected chi connectivity index (χ1v) is 32.0. The molecule has 9 rings (SSSR count). The molecule has 0 aliphatic carbocycles. The minimum atomic E-state index is -1.04. The third-order valence-electron chi connectivity index (χ3n) is 14.7. The van der Waals surface area contributed by atoms with E-state index in [1.807, 2.05) is 89.0 Å². The van der Waals surface area contributed by atoms with E-state index in [1.54, 1.807) is 78.1 Å². The molecule has 6 aromatic rings. The van der Waals surface area contributed by atoms with Crippen LogP contribution in [0.3, 0.4) is 0 Å². The number of pyridine rings is 1. The van der Waals surface area contributed by atoms with Gasteiger partial charge in [0.15, 0.2) is 23.0 Å². The van der Waals surface area contributed by atoms with Crippen molar-refractivity contribution in [2.75, 3.05) is 81.2 Å². The second-order valence-corrected chi connectivity index (χ2v) is 27.1. The summed E-state index contributed by atoms with van der Waals surface area (Å²) in [5.74, 6) is 3.32. The summed E-state index contributed by atoms with van der Waals surface area (Å²) in [6.45, 7) is 26.8. The molecule has 3 aliphatic rings. The van der Waals surface area contributed by atoms with Crippen LogP contribution >= 0.6 is 0 Å². The standard InChI is InChI=1S/C35H46N4O9.C25H26N2O7.C7H13NO2.C4H10/c1-10-11-15-39(32(43)44-9)30(41)28(33(2,3)4)38-31(42)46-20-34(5,6)19-45-22-14-12-13-21(16-22)27-29(40)37-24-18-26-25(17-23(24)36-27)47-35(7,8)48-26;1-25(2,14-32-24(29)26-9-10-28)13-31-18-6-4-5-16(11-18)19-12-17-7-8-20-22(34-15-33-20)21(17)27-23(19)30-3;1-8-5-3-4-6(8)7(9)10-2;1-4(2)3/h12-14,16-18,28H,10-11,15,19-20H2,1-9H3,(H,37,40)(H,38,42);4-8,10-12H,9,13-15H2,1-3H3,(H,26,29);6H,3-5H2,1-2H3;4H,1-3H3/t28-;;;/m1.../s1. The van der Waals surface area contributed by atoms with Crippen molar-refractivity contribution in [2.45, 2.75) is 134 Å². The molecule has 0 spiro atoms. The Balaban J connectivity index is 0.000000261. The molecular formula is C71H95N7O18. The molecule has 2 aromatic heterocycles. The van der Waals surface area contributed by atoms with Gasteiger partial charge in [0.2, 0.25) is 18.5 Å². The summed E-state index contributed by atoms with van der Waals surface area (Å²) in [5, 5.41) is 5.88. The molecule has 96 heavy (non-hydrogen) atoms. The number of aldehydes is 1. The van der Waals surface area contributed by atoms with Crippen LogP contribution in [-0.4, -0.2) is 160 Å². The predicted molar refractivity (Wildman–Crippen MR) is 362 cm³/mol. The Hall–Kier alpha value is -9.39. The number of carbonyl (C=O) groups excluding carboxylic acids is 6. The fourth-order valence-electron chi connectivity index (χ4n) is 9.80. The van der Waals surface area contributed by atoms with Gasteiger partial charge in [0.05, 0.1) is 52.1 Å². The molecule has 1 fully saturated rings. The number of esters is 1. The maximum Gasteiger partial charge on any atom is 0.416 e. The van der Waals surface area contributed by atoms with Crippen molar-refractivity contribution in [3.63, 3.8) is 0 Å². The molecule has 4 aromatic carbocycles. The van der Waals surface area contributed by atoms with E-state index in [1.165, 1.54) is 14.2 Å². The second kappa shape index (κ2) is 33.8. The van der Waals surface area contributed by atoms with Crippen LogP contribution in [0.25, 0.3) is 44.3 Å². The Kier molecular flexibility index (Phi) is 26.6. The zero-order valence-electron chi connectivity index (χ0n) is 58.4. The van der Waals surface area contributed by atoms with E-state index in [0.29, 0.717) is 81.8 Å². The summed E-state index contributed by atoms with van der Waals surface area (Å²) in [6.07, 6.45) is 1.80. The van der Waals surface area contributed by atoms with Gasteiger partial charge in [0.1, 0.15) is 54.3 Å². The van der Waals surface area contributed by atoms with Gasteiger partial charge in [-0.25, -0.2) is 29.3 Å². The predicted octanol–water partition coefficient (Wildman–Crippen LogP) is 11.9. The fraction of sp³-hybridized carbons (Fsp3) is 0.507. The number of rotatable bonds is 21. The van der Waals surface area contributed by atoms with E-state index in [9.17, 15) is 33.6 Å². The lowest BCUT2D eigenvalue weighted by atomic mass is 9.86. The molecule has 25 heteroatoms. The van der Waals surface area contributed by atoms with Crippen molar-refractivity contribution in [3.8, 4) is 62.8 Å². The highest BCUT2D eigenvalue weighted by molar-refractivity contribution is 5.97. The zero-order chi connectivity index (χ0) is 70.7. The third kappa shape index (κ3) is 21.6. The average Bonchev–Trinajstić information content (AvgIpc) is 1.44. The molecule has 1 saturated heterocycles. The van der Waals surface area contributed by atoms with Gasteiger partial charge in [-0.05, 0) is 92.2 Å². The summed E-state index contributed by atoms with van der Waals surface area (Å²) in [5.41, 5.74) is 2.04. The van der Waals surface area contributed by atoms with Crippen molar-refractivity contribution in [1.29, 1.82) is 0 Å². The number of imide groups is 1. The number of hydrogen-bond acceptors (Lipinski definition) is 21. The number of carbonyl (C=O) groups is 6. The lowest BCUT2D eigenvalue weighted by molar-refractivity contribution is -0.145. The number of ether oxygens (including phenoxy) is 11. The number of aromatic amines is 1. The Morgan fingerprint density at radius 2 is 1.40 bits per heavy atom. The summed E-state index contributed by atoms with van der Waals surface area (Å²) >= 11 is 0. The Morgan fingerprint density at radius 1 is 0.781 bits per heavy atom. The number of methoxy groups -OCH3 is 3. The smallest absolute Gasteiger partial charge is 0.416 e. The van der Waals surface area contributed by atoms with E-state index >= 15 is 0 Å². The van der Waals surface area contributed by atoms with Gasteiger partial charge in [-0.1, -0.05) is 107 Å². The number of aromatic nitrogens is 3. The lowest BCUT2D eigenvalue weighted by Gasteiger charge is -2.33. The molecule has 3 N–H and O–H groups in total. The molecule has 5 heterocycles. The van der Waals surface area contributed by atoms with Gasteiger partial charge in [0, 0.05) is 59.9 Å². The lowest BCUT2D eigenvalue weighted by Crippen LogP contribution is -2.56. The topological polar surface area (TPSA) is 293 Å². The van der Waals surface area contributed by atoms with Crippen LogP contribution in [0.15, 0.2) is 83.7 Å². The number of fused-ring (bicyclic) bond motifs is 5. The molecule has 2 atom stereocenters. The second-order valence-electron chi connectivity index (χ2n) is 27.1. The number of likely N-dealkylation sites (tertiary alicyclic amines) is 1. The molecule has 4 amide bonds. The highest BCUT2D eigenvalue weighted by Gasteiger charge is 2.39. The number of hydrogen-bond donors (Lipinski definition) is 3. The fourth-order valence-corrected chi connectivity index (χ4v) is 9.80. The molecule has 0 radical (unpaired) electrons. The molecular weight excluding hydrogens is 1240 g/mol. The normalized spacial score (nSPS) is 14.7. The zero-order valence-corrected chi connectivity index (χ0v) is 58.4. The van der Waals surface area contributed by atoms with Gasteiger partial charge < -0.3 is 72.5 Å². The minimum Gasteiger partial charge on any atom is -0.493 e. The largest absolute Gasteiger partial charge is 0.493 e. The summed E-state index contributed by atoms with van der Waals surface area (Å²) in [7, 11) is 6.18. The first-order valence-electron chi connectivity index (χ1n) is 32.0. The average molecular weight is 1330 g/mol. The van der Waals surface area contributed by atoms with Crippen molar-refractivity contribution in [2.24, 2.45) is 22.2 Å². The highest BCUT2D eigenvalue weighted by atomic mass is 16.7. The van der Waals surface area contributed by atoms with E-state index in [-0.39, 0.29) is 63.0 Å². The van der Waals surface area contributed by atoms with E-state index in [2.05, 4.69) is 51.1 Å². The maximum atomic E-state index is 13.4. The van der Waals surface area contributed by atoms with Crippen LogP contribution in [-0.2, 0) is 33.3 Å². The summed E-state index contributed by atoms with van der Waals surface area (Å²) in [6, 6.07) is 22.8.